The molecule has 0 bridgehead atoms. The number of amides is 1. The monoisotopic (exact) mass is 453 g/mol. The maximum atomic E-state index is 12.9. The Balaban J connectivity index is 2.01. The Morgan fingerprint density at radius 2 is 1.40 bits per heavy atom. The minimum Gasteiger partial charge on any atom is -0.352 e. The number of alkyl halides is 6. The quantitative estimate of drug-likeness (QED) is 0.498. The van der Waals surface area contributed by atoms with Crippen molar-refractivity contribution in [1.29, 1.82) is 0 Å². The van der Waals surface area contributed by atoms with Crippen molar-refractivity contribution in [3.63, 3.8) is 0 Å². The summed E-state index contributed by atoms with van der Waals surface area (Å²) in [6.45, 7) is -0.232. The molecule has 2 aromatic rings. The van der Waals surface area contributed by atoms with Crippen molar-refractivity contribution in [1.82, 2.24) is 5.32 Å². The van der Waals surface area contributed by atoms with Crippen LogP contribution in [0.5, 0.6) is 0 Å². The highest BCUT2D eigenvalue weighted by Crippen LogP contribution is 2.36. The largest absolute Gasteiger partial charge is 0.416 e. The van der Waals surface area contributed by atoms with Crippen molar-refractivity contribution in [3.05, 3.63) is 70.8 Å². The second-order valence-electron chi connectivity index (χ2n) is 6.48. The lowest BCUT2D eigenvalue weighted by atomic mass is 10.0. The van der Waals surface area contributed by atoms with E-state index in [0.29, 0.717) is 17.7 Å². The molecule has 0 saturated heterocycles. The van der Waals surface area contributed by atoms with Crippen molar-refractivity contribution in [3.8, 4) is 0 Å². The maximum absolute atomic E-state index is 12.9. The first kappa shape index (κ1) is 23.7. The van der Waals surface area contributed by atoms with Gasteiger partial charge in [-0.05, 0) is 30.2 Å². The van der Waals surface area contributed by atoms with Crippen LogP contribution in [0.25, 0.3) is 0 Å². The summed E-state index contributed by atoms with van der Waals surface area (Å²) in [4.78, 5) is 12.0. The highest BCUT2D eigenvalue weighted by molar-refractivity contribution is 7.90. The van der Waals surface area contributed by atoms with Crippen LogP contribution >= 0.6 is 0 Å². The van der Waals surface area contributed by atoms with Gasteiger partial charge in [-0.25, -0.2) is 8.42 Å². The van der Waals surface area contributed by atoms with Crippen LogP contribution in [0.3, 0.4) is 0 Å². The molecule has 0 aliphatic carbocycles. The molecular formula is C19H17F6NO3S. The van der Waals surface area contributed by atoms with Crippen molar-refractivity contribution >= 4 is 15.7 Å². The third kappa shape index (κ3) is 7.05. The number of halogens is 6. The Labute approximate surface area is 168 Å². The molecule has 0 aromatic heterocycles. The fourth-order valence-electron chi connectivity index (χ4n) is 2.58. The molecule has 0 spiro atoms. The summed E-state index contributed by atoms with van der Waals surface area (Å²) in [5, 5.41) is 2.15. The molecule has 0 heterocycles. The molecule has 0 atom stereocenters. The van der Waals surface area contributed by atoms with Gasteiger partial charge in [0, 0.05) is 12.1 Å². The fraction of sp³-hybridized carbons (Fsp3) is 0.316. The van der Waals surface area contributed by atoms with Crippen LogP contribution in [0.1, 0.15) is 33.5 Å². The molecule has 2 aromatic carbocycles. The summed E-state index contributed by atoms with van der Waals surface area (Å²) in [5.74, 6) is -1.69. The summed E-state index contributed by atoms with van der Waals surface area (Å²) < 4.78 is 101. The van der Waals surface area contributed by atoms with E-state index in [0.717, 1.165) is 0 Å². The molecule has 0 aliphatic rings. The third-order valence-electron chi connectivity index (χ3n) is 4.00. The molecule has 0 radical (unpaired) electrons. The SMILES string of the molecule is O=C(NCCCS(=O)(=O)Cc1ccccc1)c1cc(C(F)(F)F)cc(C(F)(F)F)c1. The van der Waals surface area contributed by atoms with Gasteiger partial charge in [-0.1, -0.05) is 30.3 Å². The van der Waals surface area contributed by atoms with Crippen molar-refractivity contribution in [2.24, 2.45) is 0 Å². The minimum absolute atomic E-state index is 0.0496. The van der Waals surface area contributed by atoms with E-state index in [1.807, 2.05) is 0 Å². The van der Waals surface area contributed by atoms with E-state index < -0.39 is 44.8 Å². The lowest BCUT2D eigenvalue weighted by Gasteiger charge is -2.14. The topological polar surface area (TPSA) is 63.2 Å². The molecule has 164 valence electrons. The van der Waals surface area contributed by atoms with Gasteiger partial charge in [0.05, 0.1) is 22.6 Å². The molecule has 1 N–H and O–H groups in total. The summed E-state index contributed by atoms with van der Waals surface area (Å²) in [5.41, 5.74) is -3.45. The van der Waals surface area contributed by atoms with Crippen LogP contribution in [-0.4, -0.2) is 26.6 Å². The Hall–Kier alpha value is -2.56. The van der Waals surface area contributed by atoms with E-state index in [9.17, 15) is 39.6 Å². The first-order valence-electron chi connectivity index (χ1n) is 8.60. The number of hydrogen-bond donors (Lipinski definition) is 1. The highest BCUT2D eigenvalue weighted by Gasteiger charge is 2.37. The van der Waals surface area contributed by atoms with Crippen LogP contribution in [0.4, 0.5) is 26.3 Å². The molecule has 0 aliphatic heterocycles. The van der Waals surface area contributed by atoms with Crippen LogP contribution in [-0.2, 0) is 27.9 Å². The number of carbonyl (C=O) groups is 1. The van der Waals surface area contributed by atoms with Crippen LogP contribution < -0.4 is 5.32 Å². The van der Waals surface area contributed by atoms with Crippen LogP contribution in [0.2, 0.25) is 0 Å². The number of hydrogen-bond acceptors (Lipinski definition) is 3. The average Bonchev–Trinajstić information content (AvgIpc) is 2.63. The second kappa shape index (κ2) is 9.07. The molecule has 0 unspecified atom stereocenters. The van der Waals surface area contributed by atoms with Gasteiger partial charge in [0.2, 0.25) is 0 Å². The Morgan fingerprint density at radius 3 is 1.90 bits per heavy atom. The predicted octanol–water partition coefficient (Wildman–Crippen LogP) is 4.46. The van der Waals surface area contributed by atoms with Gasteiger partial charge in [-0.2, -0.15) is 26.3 Å². The van der Waals surface area contributed by atoms with Crippen molar-refractivity contribution < 1.29 is 39.6 Å². The molecular weight excluding hydrogens is 436 g/mol. The van der Waals surface area contributed by atoms with Crippen molar-refractivity contribution in [2.75, 3.05) is 12.3 Å². The molecule has 2 rings (SSSR count). The number of sulfone groups is 1. The molecule has 30 heavy (non-hydrogen) atoms. The number of carbonyl (C=O) groups excluding carboxylic acids is 1. The van der Waals surface area contributed by atoms with Gasteiger partial charge in [0.1, 0.15) is 0 Å². The number of nitrogens with one attached hydrogen (secondary N) is 1. The fourth-order valence-corrected chi connectivity index (χ4v) is 4.01. The van der Waals surface area contributed by atoms with E-state index in [4.69, 9.17) is 0 Å². The normalized spacial score (nSPS) is 12.6. The number of benzene rings is 2. The van der Waals surface area contributed by atoms with E-state index in [1.54, 1.807) is 30.3 Å². The first-order valence-corrected chi connectivity index (χ1v) is 10.4. The molecule has 11 heteroatoms. The summed E-state index contributed by atoms with van der Waals surface area (Å²) in [6.07, 6.45) is -10.2. The van der Waals surface area contributed by atoms with Gasteiger partial charge in [0.15, 0.2) is 9.84 Å². The van der Waals surface area contributed by atoms with E-state index in [-0.39, 0.29) is 30.5 Å². The minimum atomic E-state index is -5.07. The zero-order chi connectivity index (χ0) is 22.6. The van der Waals surface area contributed by atoms with E-state index in [1.165, 1.54) is 0 Å². The van der Waals surface area contributed by atoms with Crippen LogP contribution in [0.15, 0.2) is 48.5 Å². The maximum Gasteiger partial charge on any atom is 0.416 e. The summed E-state index contributed by atoms with van der Waals surface area (Å²) in [6, 6.07) is 8.89. The first-order chi connectivity index (χ1) is 13.8. The Morgan fingerprint density at radius 1 is 0.867 bits per heavy atom. The van der Waals surface area contributed by atoms with Gasteiger partial charge >= 0.3 is 12.4 Å². The van der Waals surface area contributed by atoms with Gasteiger partial charge in [0.25, 0.3) is 5.91 Å². The Kier molecular flexibility index (Phi) is 7.17. The van der Waals surface area contributed by atoms with E-state index >= 15 is 0 Å². The zero-order valence-corrected chi connectivity index (χ0v) is 16.2. The summed E-state index contributed by atoms with van der Waals surface area (Å²) >= 11 is 0. The zero-order valence-electron chi connectivity index (χ0n) is 15.3. The Bertz CT molecular complexity index is 953. The molecule has 4 nitrogen and oxygen atoms in total. The summed E-state index contributed by atoms with van der Waals surface area (Å²) in [7, 11) is -3.50. The van der Waals surface area contributed by atoms with E-state index in [2.05, 4.69) is 5.32 Å². The smallest absolute Gasteiger partial charge is 0.352 e. The van der Waals surface area contributed by atoms with Gasteiger partial charge in [-0.3, -0.25) is 4.79 Å². The average molecular weight is 453 g/mol. The lowest BCUT2D eigenvalue weighted by molar-refractivity contribution is -0.143. The number of rotatable bonds is 7. The lowest BCUT2D eigenvalue weighted by Crippen LogP contribution is -2.27. The highest BCUT2D eigenvalue weighted by atomic mass is 32.2. The third-order valence-corrected chi connectivity index (χ3v) is 5.68. The molecule has 0 saturated carbocycles. The standard InChI is InChI=1S/C19H17F6NO3S/c20-18(21,22)15-9-14(10-16(11-15)19(23,24)25)17(27)26-7-4-8-30(28,29)12-13-5-2-1-3-6-13/h1-3,5-6,9-11H,4,7-8,12H2,(H,26,27). The van der Waals surface area contributed by atoms with Gasteiger partial charge in [-0.15, -0.1) is 0 Å². The van der Waals surface area contributed by atoms with Crippen LogP contribution in [0, 0.1) is 0 Å². The van der Waals surface area contributed by atoms with Crippen molar-refractivity contribution in [2.45, 2.75) is 24.5 Å². The molecule has 0 fully saturated rings. The molecule has 1 amide bonds. The predicted molar refractivity (Wildman–Crippen MR) is 97.3 cm³/mol. The second-order valence-corrected chi connectivity index (χ2v) is 8.67. The van der Waals surface area contributed by atoms with Gasteiger partial charge < -0.3 is 5.32 Å².